The van der Waals surface area contributed by atoms with Crippen molar-refractivity contribution in [1.82, 2.24) is 4.90 Å². The van der Waals surface area contributed by atoms with Gasteiger partial charge in [-0.2, -0.15) is 11.8 Å². The van der Waals surface area contributed by atoms with E-state index in [-0.39, 0.29) is 6.04 Å². The maximum atomic E-state index is 6.32. The van der Waals surface area contributed by atoms with Crippen molar-refractivity contribution in [3.8, 4) is 0 Å². The fraction of sp³-hybridized carbons (Fsp3) is 0.538. The molecule has 2 atom stereocenters. The van der Waals surface area contributed by atoms with E-state index in [4.69, 9.17) is 5.73 Å². The van der Waals surface area contributed by atoms with Crippen LogP contribution in [-0.2, 0) is 6.42 Å². The predicted molar refractivity (Wildman–Crippen MR) is 71.9 cm³/mol. The van der Waals surface area contributed by atoms with Crippen LogP contribution < -0.4 is 5.73 Å². The highest BCUT2D eigenvalue weighted by atomic mass is 32.2. The third kappa shape index (κ3) is 3.00. The fourth-order valence-electron chi connectivity index (χ4n) is 2.18. The normalized spacial score (nSPS) is 24.2. The molecule has 0 aliphatic carbocycles. The van der Waals surface area contributed by atoms with E-state index >= 15 is 0 Å². The molecular weight excluding hydrogens is 216 g/mol. The Morgan fingerprint density at radius 3 is 2.88 bits per heavy atom. The van der Waals surface area contributed by atoms with Gasteiger partial charge in [0.1, 0.15) is 0 Å². The molecule has 88 valence electrons. The van der Waals surface area contributed by atoms with Gasteiger partial charge in [-0.05, 0) is 19.0 Å². The highest BCUT2D eigenvalue weighted by Gasteiger charge is 2.25. The second kappa shape index (κ2) is 5.71. The van der Waals surface area contributed by atoms with Crippen molar-refractivity contribution in [2.45, 2.75) is 18.5 Å². The third-order valence-electron chi connectivity index (χ3n) is 3.25. The van der Waals surface area contributed by atoms with Crippen LogP contribution in [0.15, 0.2) is 30.3 Å². The number of likely N-dealkylation sites (N-methyl/N-ethyl adjacent to an activating group) is 1. The molecule has 16 heavy (non-hydrogen) atoms. The molecule has 0 amide bonds. The lowest BCUT2D eigenvalue weighted by molar-refractivity contribution is 0.235. The Morgan fingerprint density at radius 1 is 1.44 bits per heavy atom. The van der Waals surface area contributed by atoms with Gasteiger partial charge in [0, 0.05) is 30.1 Å². The number of hydrogen-bond donors (Lipinski definition) is 1. The molecule has 1 aliphatic rings. The molecule has 2 unspecified atom stereocenters. The summed E-state index contributed by atoms with van der Waals surface area (Å²) in [6.45, 7) is 1.16. The van der Waals surface area contributed by atoms with Crippen LogP contribution in [-0.4, -0.2) is 42.1 Å². The highest BCUT2D eigenvalue weighted by Crippen LogP contribution is 2.18. The van der Waals surface area contributed by atoms with Crippen LogP contribution in [0.25, 0.3) is 0 Å². The molecule has 1 heterocycles. The Labute approximate surface area is 102 Å². The van der Waals surface area contributed by atoms with Crippen LogP contribution in [0.1, 0.15) is 5.56 Å². The fourth-order valence-corrected chi connectivity index (χ4v) is 3.51. The van der Waals surface area contributed by atoms with E-state index in [1.807, 2.05) is 11.8 Å². The van der Waals surface area contributed by atoms with Crippen molar-refractivity contribution < 1.29 is 0 Å². The number of benzene rings is 1. The summed E-state index contributed by atoms with van der Waals surface area (Å²) in [4.78, 5) is 2.41. The lowest BCUT2D eigenvalue weighted by Crippen LogP contribution is -2.51. The maximum Gasteiger partial charge on any atom is 0.0338 e. The van der Waals surface area contributed by atoms with Gasteiger partial charge in [0.25, 0.3) is 0 Å². The van der Waals surface area contributed by atoms with Gasteiger partial charge in [-0.25, -0.2) is 0 Å². The highest BCUT2D eigenvalue weighted by molar-refractivity contribution is 7.99. The van der Waals surface area contributed by atoms with Crippen LogP contribution in [0.4, 0.5) is 0 Å². The molecule has 2 rings (SSSR count). The largest absolute Gasteiger partial charge is 0.326 e. The first-order valence-electron chi connectivity index (χ1n) is 5.85. The Bertz CT molecular complexity index is 315. The molecule has 2 nitrogen and oxygen atoms in total. The Morgan fingerprint density at radius 2 is 2.19 bits per heavy atom. The van der Waals surface area contributed by atoms with Crippen molar-refractivity contribution >= 4 is 11.8 Å². The average Bonchev–Trinajstić information content (AvgIpc) is 2.31. The molecule has 1 aromatic rings. The van der Waals surface area contributed by atoms with E-state index in [1.165, 1.54) is 17.1 Å². The van der Waals surface area contributed by atoms with Gasteiger partial charge in [0.2, 0.25) is 0 Å². The topological polar surface area (TPSA) is 29.3 Å². The minimum Gasteiger partial charge on any atom is -0.326 e. The zero-order valence-electron chi connectivity index (χ0n) is 9.80. The number of hydrogen-bond acceptors (Lipinski definition) is 3. The Balaban J connectivity index is 1.94. The maximum absolute atomic E-state index is 6.32. The summed E-state index contributed by atoms with van der Waals surface area (Å²) in [5.74, 6) is 2.41. The van der Waals surface area contributed by atoms with Gasteiger partial charge in [-0.15, -0.1) is 0 Å². The molecule has 0 saturated carbocycles. The number of thioether (sulfide) groups is 1. The van der Waals surface area contributed by atoms with Crippen LogP contribution in [0.3, 0.4) is 0 Å². The Hall–Kier alpha value is -0.510. The molecule has 1 fully saturated rings. The smallest absolute Gasteiger partial charge is 0.0338 e. The van der Waals surface area contributed by atoms with Gasteiger partial charge >= 0.3 is 0 Å². The summed E-state index contributed by atoms with van der Waals surface area (Å²) in [5, 5.41) is 0. The van der Waals surface area contributed by atoms with Crippen LogP contribution >= 0.6 is 11.8 Å². The van der Waals surface area contributed by atoms with Crippen LogP contribution in [0.2, 0.25) is 0 Å². The Kier molecular flexibility index (Phi) is 4.27. The third-order valence-corrected chi connectivity index (χ3v) is 4.30. The zero-order chi connectivity index (χ0) is 11.4. The average molecular weight is 236 g/mol. The monoisotopic (exact) mass is 236 g/mol. The summed E-state index contributed by atoms with van der Waals surface area (Å²) in [6.07, 6.45) is 0.983. The standard InChI is InChI=1S/C13H20N2S/c1-15-7-8-16-10-13(15)12(14)9-11-5-3-2-4-6-11/h2-6,12-13H,7-10,14H2,1H3. The number of rotatable bonds is 3. The molecule has 0 aromatic heterocycles. The van der Waals surface area contributed by atoms with E-state index in [1.54, 1.807) is 0 Å². The van der Waals surface area contributed by atoms with Crippen molar-refractivity contribution in [2.24, 2.45) is 5.73 Å². The van der Waals surface area contributed by atoms with Crippen molar-refractivity contribution in [2.75, 3.05) is 25.1 Å². The van der Waals surface area contributed by atoms with E-state index in [0.29, 0.717) is 6.04 Å². The molecule has 0 bridgehead atoms. The van der Waals surface area contributed by atoms with E-state index in [0.717, 1.165) is 13.0 Å². The van der Waals surface area contributed by atoms with Crippen molar-refractivity contribution in [3.63, 3.8) is 0 Å². The second-order valence-corrected chi connectivity index (χ2v) is 5.63. The minimum absolute atomic E-state index is 0.250. The molecule has 0 radical (unpaired) electrons. The van der Waals surface area contributed by atoms with Crippen molar-refractivity contribution in [3.05, 3.63) is 35.9 Å². The number of nitrogens with two attached hydrogens (primary N) is 1. The molecule has 1 aromatic carbocycles. The number of nitrogens with zero attached hydrogens (tertiary/aromatic N) is 1. The molecule has 2 N–H and O–H groups in total. The van der Waals surface area contributed by atoms with E-state index in [2.05, 4.69) is 42.3 Å². The molecular formula is C13H20N2S. The quantitative estimate of drug-likeness (QED) is 0.864. The first-order valence-corrected chi connectivity index (χ1v) is 7.00. The SMILES string of the molecule is CN1CCSCC1C(N)Cc1ccccc1. The summed E-state index contributed by atoms with van der Waals surface area (Å²) >= 11 is 2.02. The second-order valence-electron chi connectivity index (χ2n) is 4.48. The first-order chi connectivity index (χ1) is 7.77. The lowest BCUT2D eigenvalue weighted by atomic mass is 10.0. The van der Waals surface area contributed by atoms with E-state index in [9.17, 15) is 0 Å². The predicted octanol–water partition coefficient (Wildman–Crippen LogP) is 1.60. The van der Waals surface area contributed by atoms with Gasteiger partial charge < -0.3 is 10.6 Å². The van der Waals surface area contributed by atoms with Gasteiger partial charge in [0.05, 0.1) is 0 Å². The zero-order valence-corrected chi connectivity index (χ0v) is 10.6. The molecule has 1 aliphatic heterocycles. The molecule has 3 heteroatoms. The van der Waals surface area contributed by atoms with Crippen LogP contribution in [0, 0.1) is 0 Å². The minimum atomic E-state index is 0.250. The van der Waals surface area contributed by atoms with Gasteiger partial charge in [0.15, 0.2) is 0 Å². The van der Waals surface area contributed by atoms with Crippen molar-refractivity contribution in [1.29, 1.82) is 0 Å². The first kappa shape index (κ1) is 12.0. The molecule has 0 spiro atoms. The summed E-state index contributed by atoms with van der Waals surface area (Å²) in [5.41, 5.74) is 7.66. The molecule has 1 saturated heterocycles. The van der Waals surface area contributed by atoms with Gasteiger partial charge in [-0.1, -0.05) is 30.3 Å². The summed E-state index contributed by atoms with van der Waals surface area (Å²) in [6, 6.07) is 11.3. The van der Waals surface area contributed by atoms with Gasteiger partial charge in [-0.3, -0.25) is 0 Å². The van der Waals surface area contributed by atoms with Crippen LogP contribution in [0.5, 0.6) is 0 Å². The summed E-state index contributed by atoms with van der Waals surface area (Å²) in [7, 11) is 2.19. The van der Waals surface area contributed by atoms with E-state index < -0.39 is 0 Å². The lowest BCUT2D eigenvalue weighted by Gasteiger charge is -2.36. The summed E-state index contributed by atoms with van der Waals surface area (Å²) < 4.78 is 0.